The van der Waals surface area contributed by atoms with Crippen LogP contribution in [-0.2, 0) is 4.79 Å². The lowest BCUT2D eigenvalue weighted by Crippen LogP contribution is -2.45. The number of amides is 3. The van der Waals surface area contributed by atoms with Crippen molar-refractivity contribution in [1.82, 2.24) is 20.2 Å². The second-order valence-electron chi connectivity index (χ2n) is 6.70. The maximum Gasteiger partial charge on any atom is 0.321 e. The topological polar surface area (TPSA) is 93.1 Å². The van der Waals surface area contributed by atoms with Gasteiger partial charge in [0.05, 0.1) is 16.2 Å². The summed E-state index contributed by atoms with van der Waals surface area (Å²) in [6, 6.07) is 4.13. The van der Waals surface area contributed by atoms with Gasteiger partial charge in [0.2, 0.25) is 5.91 Å². The van der Waals surface area contributed by atoms with Crippen LogP contribution >= 0.6 is 23.4 Å². The first-order valence-electron chi connectivity index (χ1n) is 8.60. The quantitative estimate of drug-likeness (QED) is 0.582. The molecule has 7 nitrogen and oxygen atoms in total. The van der Waals surface area contributed by atoms with Gasteiger partial charge in [-0.2, -0.15) is 0 Å². The number of halogens is 1. The molecule has 9 heteroatoms. The molecule has 3 amide bonds. The van der Waals surface area contributed by atoms with E-state index in [0.29, 0.717) is 21.1 Å². The number of aromatic nitrogens is 2. The van der Waals surface area contributed by atoms with E-state index in [4.69, 9.17) is 11.6 Å². The molecule has 0 saturated heterocycles. The Balaban J connectivity index is 2.34. The summed E-state index contributed by atoms with van der Waals surface area (Å²) in [6.07, 6.45) is 0. The molecule has 0 aliphatic carbocycles. The van der Waals surface area contributed by atoms with Crippen LogP contribution in [0, 0.1) is 0 Å². The minimum atomic E-state index is -0.628. The van der Waals surface area contributed by atoms with E-state index in [2.05, 4.69) is 15.6 Å². The molecule has 1 aromatic heterocycles. The van der Waals surface area contributed by atoms with Crippen LogP contribution in [0.4, 0.5) is 4.79 Å². The van der Waals surface area contributed by atoms with E-state index in [9.17, 15) is 14.4 Å². The number of urea groups is 1. The fraction of sp³-hybridized carbons (Fsp3) is 0.444. The summed E-state index contributed by atoms with van der Waals surface area (Å²) >= 11 is 7.14. The van der Waals surface area contributed by atoms with Gasteiger partial charge in [0.15, 0.2) is 5.16 Å². The number of carbonyl (C=O) groups excluding carboxylic acids is 2. The van der Waals surface area contributed by atoms with Gasteiger partial charge in [-0.1, -0.05) is 23.4 Å². The van der Waals surface area contributed by atoms with E-state index in [1.807, 2.05) is 13.8 Å². The molecule has 2 N–H and O–H groups in total. The molecule has 0 aliphatic heterocycles. The second-order valence-corrected chi connectivity index (χ2v) is 8.45. The minimum Gasteiger partial charge on any atom is -0.336 e. The summed E-state index contributed by atoms with van der Waals surface area (Å²) in [6.45, 7) is 8.99. The fourth-order valence-electron chi connectivity index (χ4n) is 2.41. The van der Waals surface area contributed by atoms with Crippen LogP contribution in [-0.4, -0.2) is 32.8 Å². The Morgan fingerprint density at radius 3 is 2.44 bits per heavy atom. The third-order valence-corrected chi connectivity index (χ3v) is 4.96. The van der Waals surface area contributed by atoms with Gasteiger partial charge in [-0.3, -0.25) is 19.5 Å². The second kappa shape index (κ2) is 8.75. The maximum absolute atomic E-state index is 12.9. The molecule has 0 spiro atoms. The average Bonchev–Trinajstić information content (AvgIpc) is 2.53. The average molecular weight is 411 g/mol. The molecule has 0 unspecified atom stereocenters. The van der Waals surface area contributed by atoms with Gasteiger partial charge in [0, 0.05) is 17.1 Å². The first kappa shape index (κ1) is 21.2. The molecule has 146 valence electrons. The van der Waals surface area contributed by atoms with Crippen molar-refractivity contribution >= 4 is 46.2 Å². The first-order valence-corrected chi connectivity index (χ1v) is 9.85. The molecule has 1 aromatic carbocycles. The standard InChI is InChI=1S/C18H23ClN4O3S/c1-9(2)20-17(26)22-15(24)11(5)27-18-21-14-8-12(19)6-7-13(14)16(25)23(18)10(3)4/h6-11H,1-5H3,(H2,20,22,24,26)/t11-/m1/s1. The van der Waals surface area contributed by atoms with Gasteiger partial charge >= 0.3 is 6.03 Å². The molecular weight excluding hydrogens is 388 g/mol. The Bertz CT molecular complexity index is 927. The van der Waals surface area contributed by atoms with E-state index in [-0.39, 0.29) is 17.6 Å². The largest absolute Gasteiger partial charge is 0.336 e. The molecule has 0 radical (unpaired) electrons. The van der Waals surface area contributed by atoms with Crippen molar-refractivity contribution in [2.75, 3.05) is 0 Å². The molecule has 2 aromatic rings. The summed E-state index contributed by atoms with van der Waals surface area (Å²) in [7, 11) is 0. The van der Waals surface area contributed by atoms with E-state index >= 15 is 0 Å². The number of nitrogens with one attached hydrogen (secondary N) is 2. The van der Waals surface area contributed by atoms with Gasteiger partial charge in [-0.15, -0.1) is 0 Å². The molecule has 0 aliphatic rings. The van der Waals surface area contributed by atoms with Crippen molar-refractivity contribution in [3.63, 3.8) is 0 Å². The van der Waals surface area contributed by atoms with E-state index in [0.717, 1.165) is 11.8 Å². The Labute approximate surface area is 166 Å². The van der Waals surface area contributed by atoms with Gasteiger partial charge < -0.3 is 5.32 Å². The van der Waals surface area contributed by atoms with Crippen molar-refractivity contribution in [2.45, 2.75) is 57.1 Å². The highest BCUT2D eigenvalue weighted by Gasteiger charge is 2.22. The highest BCUT2D eigenvalue weighted by Crippen LogP contribution is 2.25. The molecule has 0 bridgehead atoms. The zero-order chi connectivity index (χ0) is 20.3. The highest BCUT2D eigenvalue weighted by molar-refractivity contribution is 8.00. The predicted octanol–water partition coefficient (Wildman–Crippen LogP) is 3.35. The minimum absolute atomic E-state index is 0.0845. The SMILES string of the molecule is CC(C)NC(=O)NC(=O)[C@@H](C)Sc1nc2cc(Cl)ccc2c(=O)n1C(C)C. The van der Waals surface area contributed by atoms with Crippen LogP contribution in [0.2, 0.25) is 5.02 Å². The van der Waals surface area contributed by atoms with Crippen molar-refractivity contribution in [3.8, 4) is 0 Å². The summed E-state index contributed by atoms with van der Waals surface area (Å²) in [5, 5.41) is 5.60. The molecule has 2 rings (SSSR count). The monoisotopic (exact) mass is 410 g/mol. The first-order chi connectivity index (χ1) is 12.6. The predicted molar refractivity (Wildman–Crippen MR) is 109 cm³/mol. The van der Waals surface area contributed by atoms with Gasteiger partial charge in [-0.25, -0.2) is 9.78 Å². The van der Waals surface area contributed by atoms with Crippen LogP contribution < -0.4 is 16.2 Å². The lowest BCUT2D eigenvalue weighted by molar-refractivity contribution is -0.119. The Morgan fingerprint density at radius 1 is 1.19 bits per heavy atom. The summed E-state index contributed by atoms with van der Waals surface area (Å²) in [4.78, 5) is 41.4. The third kappa shape index (κ3) is 5.23. The highest BCUT2D eigenvalue weighted by atomic mass is 35.5. The van der Waals surface area contributed by atoms with E-state index < -0.39 is 17.2 Å². The number of rotatable bonds is 5. The van der Waals surface area contributed by atoms with Crippen LogP contribution in [0.3, 0.4) is 0 Å². The molecule has 27 heavy (non-hydrogen) atoms. The van der Waals surface area contributed by atoms with Crippen LogP contribution in [0.25, 0.3) is 10.9 Å². The Kier molecular flexibility index (Phi) is 6.89. The number of nitrogens with zero attached hydrogens (tertiary/aromatic N) is 2. The van der Waals surface area contributed by atoms with Gasteiger partial charge in [0.1, 0.15) is 0 Å². The van der Waals surface area contributed by atoms with Crippen molar-refractivity contribution < 1.29 is 9.59 Å². The van der Waals surface area contributed by atoms with Crippen molar-refractivity contribution in [3.05, 3.63) is 33.6 Å². The summed E-state index contributed by atoms with van der Waals surface area (Å²) in [5.41, 5.74) is 0.274. The number of thioether (sulfide) groups is 1. The van der Waals surface area contributed by atoms with E-state index in [1.54, 1.807) is 43.5 Å². The van der Waals surface area contributed by atoms with Crippen molar-refractivity contribution in [1.29, 1.82) is 0 Å². The Hall–Kier alpha value is -2.06. The van der Waals surface area contributed by atoms with Crippen molar-refractivity contribution in [2.24, 2.45) is 0 Å². The number of carbonyl (C=O) groups is 2. The lowest BCUT2D eigenvalue weighted by Gasteiger charge is -2.18. The molecule has 1 heterocycles. The zero-order valence-corrected chi connectivity index (χ0v) is 17.4. The number of fused-ring (bicyclic) bond motifs is 1. The molecule has 1 atom stereocenters. The van der Waals surface area contributed by atoms with Crippen LogP contribution in [0.5, 0.6) is 0 Å². The third-order valence-electron chi connectivity index (χ3n) is 3.66. The maximum atomic E-state index is 12.9. The zero-order valence-electron chi connectivity index (χ0n) is 15.9. The van der Waals surface area contributed by atoms with Gasteiger partial charge in [0.25, 0.3) is 5.56 Å². The smallest absolute Gasteiger partial charge is 0.321 e. The fourth-order valence-corrected chi connectivity index (χ4v) is 3.62. The van der Waals surface area contributed by atoms with Gasteiger partial charge in [-0.05, 0) is 52.8 Å². The number of hydrogen-bond acceptors (Lipinski definition) is 5. The van der Waals surface area contributed by atoms with Crippen LogP contribution in [0.1, 0.15) is 40.7 Å². The number of benzene rings is 1. The molecule has 0 fully saturated rings. The van der Waals surface area contributed by atoms with Crippen LogP contribution in [0.15, 0.2) is 28.2 Å². The molecular formula is C18H23ClN4O3S. The molecule has 0 saturated carbocycles. The number of hydrogen-bond donors (Lipinski definition) is 2. The Morgan fingerprint density at radius 2 is 1.85 bits per heavy atom. The van der Waals surface area contributed by atoms with E-state index in [1.165, 1.54) is 0 Å². The lowest BCUT2D eigenvalue weighted by atomic mass is 10.2. The normalized spacial score (nSPS) is 12.4. The summed E-state index contributed by atoms with van der Waals surface area (Å²) in [5.74, 6) is -0.464. The number of imide groups is 1. The summed E-state index contributed by atoms with van der Waals surface area (Å²) < 4.78 is 1.54.